The molecule has 0 unspecified atom stereocenters. The van der Waals surface area contributed by atoms with Crippen LogP contribution in [0.4, 0.5) is 10.1 Å². The van der Waals surface area contributed by atoms with Gasteiger partial charge in [0.05, 0.1) is 15.6 Å². The second-order valence-corrected chi connectivity index (χ2v) is 10.8. The number of rotatable bonds is 9. The number of nitrogens with zero attached hydrogens (tertiary/aromatic N) is 2. The molecule has 1 heterocycles. The van der Waals surface area contributed by atoms with Crippen molar-refractivity contribution in [1.29, 1.82) is 0 Å². The van der Waals surface area contributed by atoms with Gasteiger partial charge in [0.2, 0.25) is 5.91 Å². The van der Waals surface area contributed by atoms with E-state index in [0.717, 1.165) is 35.6 Å². The van der Waals surface area contributed by atoms with Gasteiger partial charge in [0.1, 0.15) is 12.4 Å². The maximum Gasteiger partial charge on any atom is 0.264 e. The normalized spacial score (nSPS) is 14.1. The Balaban J connectivity index is 1.45. The van der Waals surface area contributed by atoms with Gasteiger partial charge < -0.3 is 5.32 Å². The molecule has 1 N–H and O–H groups in total. The van der Waals surface area contributed by atoms with Gasteiger partial charge >= 0.3 is 0 Å². The molecule has 0 aliphatic carbocycles. The molecule has 184 valence electrons. The third kappa shape index (κ3) is 6.39. The van der Waals surface area contributed by atoms with Crippen molar-refractivity contribution in [1.82, 2.24) is 10.2 Å². The molecule has 1 amide bonds. The Labute approximate surface area is 210 Å². The van der Waals surface area contributed by atoms with Crippen LogP contribution < -0.4 is 9.62 Å². The standard InChI is InChI=1S/C26H27ClFN3O3S/c27-24-16-22(12-13-25(24)28)31(35(33,34)23-6-2-1-3-7-23)19-26(32)29-17-20-8-10-21(11-9-20)18-30-14-4-5-15-30/h1-3,6-13,16H,4-5,14-15,17-19H2,(H,29,32). The van der Waals surface area contributed by atoms with Crippen LogP contribution in [-0.4, -0.2) is 38.9 Å². The highest BCUT2D eigenvalue weighted by Gasteiger charge is 2.27. The highest BCUT2D eigenvalue weighted by Crippen LogP contribution is 2.27. The number of hydrogen-bond acceptors (Lipinski definition) is 4. The molecule has 0 aromatic heterocycles. The van der Waals surface area contributed by atoms with Crippen LogP contribution in [0.5, 0.6) is 0 Å². The molecular weight excluding hydrogens is 489 g/mol. The van der Waals surface area contributed by atoms with Gasteiger partial charge in [-0.25, -0.2) is 12.8 Å². The molecule has 1 aliphatic rings. The molecule has 1 aliphatic heterocycles. The molecule has 0 bridgehead atoms. The zero-order valence-corrected chi connectivity index (χ0v) is 20.7. The van der Waals surface area contributed by atoms with Crippen LogP contribution in [0.3, 0.4) is 0 Å². The first-order valence-corrected chi connectivity index (χ1v) is 13.2. The SMILES string of the molecule is O=C(CN(c1ccc(F)c(Cl)c1)S(=O)(=O)c1ccccc1)NCc1ccc(CN2CCCC2)cc1. The number of nitrogens with one attached hydrogen (secondary N) is 1. The minimum Gasteiger partial charge on any atom is -0.350 e. The molecule has 9 heteroatoms. The highest BCUT2D eigenvalue weighted by molar-refractivity contribution is 7.92. The molecule has 0 spiro atoms. The predicted octanol–water partition coefficient (Wildman–Crippen LogP) is 4.59. The fourth-order valence-electron chi connectivity index (χ4n) is 4.02. The van der Waals surface area contributed by atoms with Crippen LogP contribution in [0.25, 0.3) is 0 Å². The maximum absolute atomic E-state index is 13.7. The van der Waals surface area contributed by atoms with E-state index in [1.165, 1.54) is 42.7 Å². The van der Waals surface area contributed by atoms with Crippen molar-refractivity contribution in [2.75, 3.05) is 23.9 Å². The van der Waals surface area contributed by atoms with E-state index in [0.29, 0.717) is 0 Å². The number of amides is 1. The summed E-state index contributed by atoms with van der Waals surface area (Å²) in [6.45, 7) is 2.94. The second-order valence-electron chi connectivity index (χ2n) is 8.50. The molecule has 6 nitrogen and oxygen atoms in total. The van der Waals surface area contributed by atoms with E-state index >= 15 is 0 Å². The summed E-state index contributed by atoms with van der Waals surface area (Å²) in [5.41, 5.74) is 2.22. The van der Waals surface area contributed by atoms with Gasteiger partial charge in [0, 0.05) is 13.1 Å². The Bertz CT molecular complexity index is 1260. The van der Waals surface area contributed by atoms with Crippen LogP contribution >= 0.6 is 11.6 Å². The summed E-state index contributed by atoms with van der Waals surface area (Å²) < 4.78 is 41.3. The molecule has 3 aromatic carbocycles. The van der Waals surface area contributed by atoms with Gasteiger partial charge in [0.15, 0.2) is 0 Å². The lowest BCUT2D eigenvalue weighted by atomic mass is 10.1. The van der Waals surface area contributed by atoms with Gasteiger partial charge in [-0.05, 0) is 67.4 Å². The first kappa shape index (κ1) is 25.2. The van der Waals surface area contributed by atoms with E-state index in [2.05, 4.69) is 10.2 Å². The number of anilines is 1. The fraction of sp³-hybridized carbons (Fsp3) is 0.269. The van der Waals surface area contributed by atoms with Crippen LogP contribution in [0, 0.1) is 5.82 Å². The minimum absolute atomic E-state index is 0.0156. The Kier molecular flexibility index (Phi) is 8.05. The lowest BCUT2D eigenvalue weighted by Crippen LogP contribution is -2.40. The predicted molar refractivity (Wildman–Crippen MR) is 135 cm³/mol. The third-order valence-electron chi connectivity index (χ3n) is 5.93. The maximum atomic E-state index is 13.7. The lowest BCUT2D eigenvalue weighted by molar-refractivity contribution is -0.119. The van der Waals surface area contributed by atoms with Crippen LogP contribution in [0.1, 0.15) is 24.0 Å². The molecule has 1 fully saturated rings. The summed E-state index contributed by atoms with van der Waals surface area (Å²) >= 11 is 5.90. The quantitative estimate of drug-likeness (QED) is 0.452. The summed E-state index contributed by atoms with van der Waals surface area (Å²) in [6, 6.07) is 19.3. The van der Waals surface area contributed by atoms with Crippen molar-refractivity contribution in [3.8, 4) is 0 Å². The summed E-state index contributed by atoms with van der Waals surface area (Å²) in [4.78, 5) is 15.2. The average Bonchev–Trinajstić information content (AvgIpc) is 3.37. The lowest BCUT2D eigenvalue weighted by Gasteiger charge is -2.24. The van der Waals surface area contributed by atoms with Crippen LogP contribution in [-0.2, 0) is 27.9 Å². The van der Waals surface area contributed by atoms with Gasteiger partial charge in [-0.2, -0.15) is 0 Å². The van der Waals surface area contributed by atoms with Crippen molar-refractivity contribution in [3.05, 3.63) is 94.8 Å². The largest absolute Gasteiger partial charge is 0.350 e. The van der Waals surface area contributed by atoms with E-state index in [1.54, 1.807) is 18.2 Å². The van der Waals surface area contributed by atoms with E-state index in [1.807, 2.05) is 24.3 Å². The Morgan fingerprint density at radius 1 is 0.971 bits per heavy atom. The summed E-state index contributed by atoms with van der Waals surface area (Å²) in [5.74, 6) is -1.17. The van der Waals surface area contributed by atoms with Crippen molar-refractivity contribution in [3.63, 3.8) is 0 Å². The van der Waals surface area contributed by atoms with Crippen molar-refractivity contribution >= 4 is 33.2 Å². The second kappa shape index (κ2) is 11.2. The van der Waals surface area contributed by atoms with E-state index < -0.39 is 28.3 Å². The summed E-state index contributed by atoms with van der Waals surface area (Å²) in [6.07, 6.45) is 2.48. The topological polar surface area (TPSA) is 69.7 Å². The fourth-order valence-corrected chi connectivity index (χ4v) is 5.63. The average molecular weight is 516 g/mol. The molecule has 35 heavy (non-hydrogen) atoms. The monoisotopic (exact) mass is 515 g/mol. The molecular formula is C26H27ClFN3O3S. The van der Waals surface area contributed by atoms with Gasteiger partial charge in [0.25, 0.3) is 10.0 Å². The van der Waals surface area contributed by atoms with E-state index in [9.17, 15) is 17.6 Å². The molecule has 0 atom stereocenters. The first-order valence-electron chi connectivity index (χ1n) is 11.4. The highest BCUT2D eigenvalue weighted by atomic mass is 35.5. The Morgan fingerprint density at radius 2 is 1.63 bits per heavy atom. The van der Waals surface area contributed by atoms with Gasteiger partial charge in [-0.15, -0.1) is 0 Å². The van der Waals surface area contributed by atoms with Crippen LogP contribution in [0.15, 0.2) is 77.7 Å². The number of carbonyl (C=O) groups is 1. The number of benzene rings is 3. The van der Waals surface area contributed by atoms with Gasteiger partial charge in [-0.3, -0.25) is 14.0 Å². The zero-order chi connectivity index (χ0) is 24.8. The Hall–Kier alpha value is -2.94. The first-order chi connectivity index (χ1) is 16.8. The molecule has 0 radical (unpaired) electrons. The number of likely N-dealkylation sites (tertiary alicyclic amines) is 1. The van der Waals surface area contributed by atoms with E-state index in [-0.39, 0.29) is 22.2 Å². The Morgan fingerprint density at radius 3 is 2.29 bits per heavy atom. The van der Waals surface area contributed by atoms with E-state index in [4.69, 9.17) is 11.6 Å². The molecule has 3 aromatic rings. The summed E-state index contributed by atoms with van der Waals surface area (Å²) in [7, 11) is -4.09. The van der Waals surface area contributed by atoms with Crippen molar-refractivity contribution < 1.29 is 17.6 Å². The number of halogens is 2. The molecule has 1 saturated heterocycles. The molecule has 4 rings (SSSR count). The number of sulfonamides is 1. The van der Waals surface area contributed by atoms with Crippen LogP contribution in [0.2, 0.25) is 5.02 Å². The smallest absolute Gasteiger partial charge is 0.264 e. The third-order valence-corrected chi connectivity index (χ3v) is 8.00. The minimum atomic E-state index is -4.09. The van der Waals surface area contributed by atoms with Gasteiger partial charge in [-0.1, -0.05) is 54.1 Å². The summed E-state index contributed by atoms with van der Waals surface area (Å²) in [5, 5.41) is 2.55. The number of hydrogen-bond donors (Lipinski definition) is 1. The zero-order valence-electron chi connectivity index (χ0n) is 19.2. The molecule has 0 saturated carbocycles. The number of carbonyl (C=O) groups excluding carboxylic acids is 1. The van der Waals surface area contributed by atoms with Crippen molar-refractivity contribution in [2.45, 2.75) is 30.8 Å². The van der Waals surface area contributed by atoms with Crippen molar-refractivity contribution in [2.24, 2.45) is 0 Å².